The Balaban J connectivity index is 2.34. The smallest absolute Gasteiger partial charge is 0.243 e. The Labute approximate surface area is 76.3 Å². The van der Waals surface area contributed by atoms with Gasteiger partial charge in [0.2, 0.25) is 7.41 Å². The van der Waals surface area contributed by atoms with Crippen LogP contribution in [0, 0.1) is 0 Å². The summed E-state index contributed by atoms with van der Waals surface area (Å²) >= 11 is 0. The molecule has 0 aromatic heterocycles. The highest BCUT2D eigenvalue weighted by Gasteiger charge is 2.23. The summed E-state index contributed by atoms with van der Waals surface area (Å²) in [6.45, 7) is 9.81. The number of nitrogens with zero attached hydrogens (tertiary/aromatic N) is 1. The lowest BCUT2D eigenvalue weighted by molar-refractivity contribution is 0.412. The SMILES string of the molecule is CCC(C)(C)[B]N1CC=C(C)N1. The first-order chi connectivity index (χ1) is 5.53. The van der Waals surface area contributed by atoms with Crippen LogP contribution in [0.3, 0.4) is 0 Å². The summed E-state index contributed by atoms with van der Waals surface area (Å²) in [4.78, 5) is 2.15. The van der Waals surface area contributed by atoms with E-state index >= 15 is 0 Å². The molecule has 0 amide bonds. The maximum atomic E-state index is 3.28. The monoisotopic (exact) mass is 165 g/mol. The molecule has 3 heteroatoms. The normalized spacial score (nSPS) is 18.8. The van der Waals surface area contributed by atoms with Crippen molar-refractivity contribution in [1.82, 2.24) is 10.3 Å². The average Bonchev–Trinajstić information content (AvgIpc) is 2.35. The molecule has 1 aliphatic heterocycles. The van der Waals surface area contributed by atoms with Crippen LogP contribution in [0.25, 0.3) is 0 Å². The third-order valence-electron chi connectivity index (χ3n) is 2.33. The molecule has 67 valence electrons. The zero-order valence-corrected chi connectivity index (χ0v) is 8.52. The second-order valence-corrected chi connectivity index (χ2v) is 4.12. The minimum Gasteiger partial charge on any atom is -0.334 e. The number of rotatable bonds is 3. The Kier molecular flexibility index (Phi) is 2.83. The largest absolute Gasteiger partial charge is 0.334 e. The van der Waals surface area contributed by atoms with Crippen molar-refractivity contribution in [2.75, 3.05) is 6.54 Å². The van der Waals surface area contributed by atoms with E-state index in [0.717, 1.165) is 6.54 Å². The van der Waals surface area contributed by atoms with Crippen molar-refractivity contribution in [1.29, 1.82) is 0 Å². The quantitative estimate of drug-likeness (QED) is 0.643. The first kappa shape index (κ1) is 9.65. The van der Waals surface area contributed by atoms with Crippen LogP contribution in [0.15, 0.2) is 11.8 Å². The van der Waals surface area contributed by atoms with E-state index in [1.54, 1.807) is 0 Å². The van der Waals surface area contributed by atoms with Gasteiger partial charge in [0, 0.05) is 12.2 Å². The summed E-state index contributed by atoms with van der Waals surface area (Å²) in [7, 11) is 2.26. The summed E-state index contributed by atoms with van der Waals surface area (Å²) in [6.07, 6.45) is 3.37. The van der Waals surface area contributed by atoms with Gasteiger partial charge in [-0.25, -0.2) is 0 Å². The first-order valence-electron chi connectivity index (χ1n) is 4.59. The van der Waals surface area contributed by atoms with Crippen LogP contribution in [0.5, 0.6) is 0 Å². The van der Waals surface area contributed by atoms with Crippen molar-refractivity contribution in [3.63, 3.8) is 0 Å². The molecule has 2 nitrogen and oxygen atoms in total. The van der Waals surface area contributed by atoms with E-state index in [2.05, 4.69) is 51.5 Å². The predicted molar refractivity (Wildman–Crippen MR) is 53.7 cm³/mol. The van der Waals surface area contributed by atoms with Crippen LogP contribution in [0.1, 0.15) is 34.1 Å². The predicted octanol–water partition coefficient (Wildman–Crippen LogP) is 1.94. The van der Waals surface area contributed by atoms with Crippen molar-refractivity contribution in [3.05, 3.63) is 11.8 Å². The molecule has 1 aliphatic rings. The molecule has 1 radical (unpaired) electrons. The molecule has 0 aromatic rings. The molecule has 0 aliphatic carbocycles. The van der Waals surface area contributed by atoms with Crippen molar-refractivity contribution in [3.8, 4) is 0 Å². The molecule has 0 aromatic carbocycles. The van der Waals surface area contributed by atoms with Gasteiger partial charge in [-0.05, 0) is 18.3 Å². The van der Waals surface area contributed by atoms with Gasteiger partial charge in [-0.3, -0.25) is 4.92 Å². The van der Waals surface area contributed by atoms with Crippen molar-refractivity contribution < 1.29 is 0 Å². The zero-order chi connectivity index (χ0) is 9.19. The summed E-state index contributed by atoms with van der Waals surface area (Å²) in [5.74, 6) is 0. The lowest BCUT2D eigenvalue weighted by Gasteiger charge is -2.27. The van der Waals surface area contributed by atoms with Crippen molar-refractivity contribution in [2.45, 2.75) is 39.4 Å². The minimum absolute atomic E-state index is 0.297. The fraction of sp³-hybridized carbons (Fsp3) is 0.778. The number of hydrogen-bond donors (Lipinski definition) is 1. The van der Waals surface area contributed by atoms with Gasteiger partial charge in [-0.2, -0.15) is 0 Å². The highest BCUT2D eigenvalue weighted by molar-refractivity contribution is 6.36. The van der Waals surface area contributed by atoms with Crippen molar-refractivity contribution >= 4 is 7.41 Å². The van der Waals surface area contributed by atoms with Gasteiger partial charge in [0.1, 0.15) is 0 Å². The molecule has 0 saturated carbocycles. The highest BCUT2D eigenvalue weighted by Crippen LogP contribution is 2.27. The highest BCUT2D eigenvalue weighted by atomic mass is 15.5. The van der Waals surface area contributed by atoms with E-state index in [1.807, 2.05) is 0 Å². The molecule has 1 rings (SSSR count). The Hall–Kier alpha value is -0.435. The van der Waals surface area contributed by atoms with E-state index < -0.39 is 0 Å². The Morgan fingerprint density at radius 2 is 2.33 bits per heavy atom. The average molecular weight is 165 g/mol. The van der Waals surface area contributed by atoms with Gasteiger partial charge in [0.05, 0.1) is 0 Å². The fourth-order valence-corrected chi connectivity index (χ4v) is 1.15. The number of allylic oxidation sites excluding steroid dienone is 1. The summed E-state index contributed by atoms with van der Waals surface area (Å²) in [5.41, 5.74) is 4.53. The molecule has 0 spiro atoms. The molecular formula is C9H18BN2. The third-order valence-corrected chi connectivity index (χ3v) is 2.33. The summed E-state index contributed by atoms with van der Waals surface area (Å²) in [6, 6.07) is 0. The van der Waals surface area contributed by atoms with Gasteiger partial charge in [-0.15, -0.1) is 0 Å². The van der Waals surface area contributed by atoms with Crippen molar-refractivity contribution in [2.24, 2.45) is 0 Å². The third kappa shape index (κ3) is 2.56. The van der Waals surface area contributed by atoms with Crippen LogP contribution < -0.4 is 5.43 Å². The topological polar surface area (TPSA) is 15.3 Å². The van der Waals surface area contributed by atoms with E-state index in [0.29, 0.717) is 5.31 Å². The van der Waals surface area contributed by atoms with Gasteiger partial charge in [0.25, 0.3) is 0 Å². The van der Waals surface area contributed by atoms with Crippen LogP contribution in [-0.4, -0.2) is 18.9 Å². The minimum atomic E-state index is 0.297. The lowest BCUT2D eigenvalue weighted by Crippen LogP contribution is -2.39. The molecule has 1 N–H and O–H groups in total. The lowest BCUT2D eigenvalue weighted by atomic mass is 9.61. The van der Waals surface area contributed by atoms with Crippen LogP contribution in [-0.2, 0) is 0 Å². The number of hydrogen-bond acceptors (Lipinski definition) is 2. The molecule has 0 saturated heterocycles. The molecule has 12 heavy (non-hydrogen) atoms. The number of nitrogens with one attached hydrogen (secondary N) is 1. The van der Waals surface area contributed by atoms with Gasteiger partial charge < -0.3 is 5.43 Å². The van der Waals surface area contributed by atoms with Crippen LogP contribution in [0.2, 0.25) is 5.31 Å². The Morgan fingerprint density at radius 1 is 1.67 bits per heavy atom. The fourth-order valence-electron chi connectivity index (χ4n) is 1.15. The second-order valence-electron chi connectivity index (χ2n) is 4.12. The molecule has 0 atom stereocenters. The van der Waals surface area contributed by atoms with E-state index in [-0.39, 0.29) is 0 Å². The number of hydrazine groups is 1. The van der Waals surface area contributed by atoms with Crippen LogP contribution >= 0.6 is 0 Å². The van der Waals surface area contributed by atoms with Gasteiger partial charge in [-0.1, -0.05) is 27.2 Å². The summed E-state index contributed by atoms with van der Waals surface area (Å²) in [5, 5.41) is 0.297. The second kappa shape index (κ2) is 3.52. The molecule has 0 fully saturated rings. The molecule has 0 bridgehead atoms. The van der Waals surface area contributed by atoms with E-state index in [1.165, 1.54) is 12.1 Å². The zero-order valence-electron chi connectivity index (χ0n) is 8.52. The van der Waals surface area contributed by atoms with Gasteiger partial charge in [0.15, 0.2) is 0 Å². The maximum Gasteiger partial charge on any atom is 0.243 e. The van der Waals surface area contributed by atoms with E-state index in [4.69, 9.17) is 0 Å². The molecule has 0 unspecified atom stereocenters. The van der Waals surface area contributed by atoms with E-state index in [9.17, 15) is 0 Å². The first-order valence-corrected chi connectivity index (χ1v) is 4.59. The molecular weight excluding hydrogens is 147 g/mol. The van der Waals surface area contributed by atoms with Gasteiger partial charge >= 0.3 is 0 Å². The summed E-state index contributed by atoms with van der Waals surface area (Å²) < 4.78 is 0. The Morgan fingerprint density at radius 3 is 2.75 bits per heavy atom. The standard InChI is InChI=1S/C9H18BN2/c1-5-9(3,4)10-12-7-6-8(2)11-12/h6,11H,5,7H2,1-4H3. The maximum absolute atomic E-state index is 3.28. The van der Waals surface area contributed by atoms with Crippen LogP contribution in [0.4, 0.5) is 0 Å². The Bertz CT molecular complexity index is 187. The molecule has 1 heterocycles.